The van der Waals surface area contributed by atoms with E-state index in [1.807, 2.05) is 6.07 Å². The first-order valence-corrected chi connectivity index (χ1v) is 10.9. The smallest absolute Gasteiger partial charge is 0.276 e. The summed E-state index contributed by atoms with van der Waals surface area (Å²) in [6.07, 6.45) is 0.906. The first kappa shape index (κ1) is 22.6. The van der Waals surface area contributed by atoms with Gasteiger partial charge in [-0.1, -0.05) is 5.21 Å². The fourth-order valence-corrected chi connectivity index (χ4v) is 4.76. The summed E-state index contributed by atoms with van der Waals surface area (Å²) in [7, 11) is 0. The van der Waals surface area contributed by atoms with Crippen molar-refractivity contribution in [2.75, 3.05) is 6.54 Å². The van der Waals surface area contributed by atoms with Gasteiger partial charge in [0.15, 0.2) is 5.69 Å². The largest absolute Gasteiger partial charge is 0.327 e. The molecule has 2 saturated heterocycles. The highest BCUT2D eigenvalue weighted by atomic mass is 19.3. The quantitative estimate of drug-likeness (QED) is 0.634. The molecule has 4 heterocycles. The van der Waals surface area contributed by atoms with Gasteiger partial charge in [-0.05, 0) is 30.2 Å². The molecule has 0 saturated carbocycles. The number of hydrogen-bond acceptors (Lipinski definition) is 7. The van der Waals surface area contributed by atoms with E-state index >= 15 is 0 Å². The average Bonchev–Trinajstić information content (AvgIpc) is 3.50. The van der Waals surface area contributed by atoms with Crippen molar-refractivity contribution in [1.29, 1.82) is 5.26 Å². The molecule has 11 nitrogen and oxygen atoms in total. The number of carbonyl (C=O) groups excluding carboxylic acids is 4. The maximum absolute atomic E-state index is 13.9. The standard InChI is InChI=1S/C22H19F2N7O4/c23-22(24)8-14(5-6-25)30(11-22)21(35)16-10-31(28-27-16)13-1-2-15-12(7-13)9-29(20(15)34)17-3-4-18(32)26-19(17)33/h1-2,7,10,14,17H,3-5,8-9,11H2,(H,26,32,33). The van der Waals surface area contributed by atoms with Crippen LogP contribution >= 0.6 is 0 Å². The van der Waals surface area contributed by atoms with Gasteiger partial charge in [0.2, 0.25) is 11.8 Å². The van der Waals surface area contributed by atoms with Crippen molar-refractivity contribution in [1.82, 2.24) is 30.1 Å². The Balaban J connectivity index is 1.35. The summed E-state index contributed by atoms with van der Waals surface area (Å²) in [6.45, 7) is -0.629. The second-order valence-electron chi connectivity index (χ2n) is 8.80. The van der Waals surface area contributed by atoms with Crippen LogP contribution in [0.5, 0.6) is 0 Å². The lowest BCUT2D eigenvalue weighted by Gasteiger charge is -2.29. The lowest BCUT2D eigenvalue weighted by Crippen LogP contribution is -2.52. The summed E-state index contributed by atoms with van der Waals surface area (Å²) < 4.78 is 29.0. The van der Waals surface area contributed by atoms with Crippen LogP contribution in [0.1, 0.15) is 52.1 Å². The molecule has 1 N–H and O–H groups in total. The van der Waals surface area contributed by atoms with E-state index in [0.29, 0.717) is 16.8 Å². The second kappa shape index (κ2) is 8.23. The van der Waals surface area contributed by atoms with Crippen LogP contribution in [-0.2, 0) is 16.1 Å². The van der Waals surface area contributed by atoms with E-state index in [-0.39, 0.29) is 43.3 Å². The number of aromatic nitrogens is 3. The number of nitrogens with one attached hydrogen (secondary N) is 1. The van der Waals surface area contributed by atoms with Crippen LogP contribution in [-0.4, -0.2) is 73.0 Å². The fraction of sp³-hybridized carbons (Fsp3) is 0.409. The Bertz CT molecular complexity index is 1300. The molecule has 0 radical (unpaired) electrons. The number of hydrogen-bond donors (Lipinski definition) is 1. The molecule has 0 spiro atoms. The molecule has 3 aliphatic rings. The minimum absolute atomic E-state index is 0.146. The Morgan fingerprint density at radius 3 is 2.83 bits per heavy atom. The van der Waals surface area contributed by atoms with Gasteiger partial charge in [0.05, 0.1) is 37.0 Å². The lowest BCUT2D eigenvalue weighted by atomic mass is 10.0. The molecule has 1 aromatic heterocycles. The number of nitriles is 1. The van der Waals surface area contributed by atoms with Crippen LogP contribution in [0.2, 0.25) is 0 Å². The molecule has 1 aromatic carbocycles. The summed E-state index contributed by atoms with van der Waals surface area (Å²) >= 11 is 0. The van der Waals surface area contributed by atoms with E-state index in [4.69, 9.17) is 5.26 Å². The molecule has 2 atom stereocenters. The first-order chi connectivity index (χ1) is 16.7. The molecule has 4 amide bonds. The van der Waals surface area contributed by atoms with Crippen molar-refractivity contribution < 1.29 is 28.0 Å². The maximum atomic E-state index is 13.9. The zero-order valence-electron chi connectivity index (χ0n) is 18.3. The van der Waals surface area contributed by atoms with Crippen molar-refractivity contribution in [2.24, 2.45) is 0 Å². The minimum atomic E-state index is -3.08. The number of imide groups is 1. The molecule has 5 rings (SSSR count). The van der Waals surface area contributed by atoms with Crippen molar-refractivity contribution in [3.05, 3.63) is 41.2 Å². The van der Waals surface area contributed by atoms with E-state index < -0.39 is 42.8 Å². The number of halogens is 2. The highest BCUT2D eigenvalue weighted by molar-refractivity contribution is 6.05. The lowest BCUT2D eigenvalue weighted by molar-refractivity contribution is -0.136. The Morgan fingerprint density at radius 2 is 2.09 bits per heavy atom. The Kier molecular flexibility index (Phi) is 5.31. The predicted molar refractivity (Wildman–Crippen MR) is 112 cm³/mol. The van der Waals surface area contributed by atoms with Gasteiger partial charge in [-0.15, -0.1) is 5.10 Å². The molecule has 3 aliphatic heterocycles. The van der Waals surface area contributed by atoms with Crippen molar-refractivity contribution in [3.8, 4) is 11.8 Å². The van der Waals surface area contributed by atoms with Crippen molar-refractivity contribution in [2.45, 2.75) is 50.2 Å². The Hall–Kier alpha value is -4.21. The van der Waals surface area contributed by atoms with E-state index in [9.17, 15) is 28.0 Å². The highest BCUT2D eigenvalue weighted by Gasteiger charge is 2.47. The SMILES string of the molecule is N#CCC1CC(F)(F)CN1C(=O)c1cn(-c2ccc3c(c2)CN(C2CCC(=O)NC2=O)C3=O)nn1. The molecule has 2 fully saturated rings. The van der Waals surface area contributed by atoms with Crippen LogP contribution in [0.25, 0.3) is 5.69 Å². The normalized spacial score (nSPS) is 23.3. The topological polar surface area (TPSA) is 141 Å². The number of likely N-dealkylation sites (tertiary alicyclic amines) is 1. The zero-order chi connectivity index (χ0) is 24.9. The zero-order valence-corrected chi connectivity index (χ0v) is 18.3. The van der Waals surface area contributed by atoms with Crippen LogP contribution in [0.4, 0.5) is 8.78 Å². The number of amides is 4. The van der Waals surface area contributed by atoms with Crippen LogP contribution in [0, 0.1) is 11.3 Å². The van der Waals surface area contributed by atoms with E-state index in [2.05, 4.69) is 15.6 Å². The number of carbonyl (C=O) groups is 4. The number of nitrogens with zero attached hydrogens (tertiary/aromatic N) is 6. The Labute approximate surface area is 197 Å². The first-order valence-electron chi connectivity index (χ1n) is 10.9. The molecule has 13 heteroatoms. The average molecular weight is 483 g/mol. The second-order valence-corrected chi connectivity index (χ2v) is 8.80. The summed E-state index contributed by atoms with van der Waals surface area (Å²) in [5.74, 6) is -5.02. The number of benzene rings is 1. The number of alkyl halides is 2. The molecule has 0 bridgehead atoms. The van der Waals surface area contributed by atoms with E-state index in [0.717, 1.165) is 4.90 Å². The number of rotatable bonds is 4. The monoisotopic (exact) mass is 483 g/mol. The molecule has 35 heavy (non-hydrogen) atoms. The molecular weight excluding hydrogens is 464 g/mol. The number of piperidine rings is 1. The molecule has 180 valence electrons. The van der Waals surface area contributed by atoms with Crippen LogP contribution < -0.4 is 5.32 Å². The van der Waals surface area contributed by atoms with E-state index in [1.165, 1.54) is 15.8 Å². The third-order valence-corrected chi connectivity index (χ3v) is 6.45. The molecule has 0 aliphatic carbocycles. The minimum Gasteiger partial charge on any atom is -0.327 e. The summed E-state index contributed by atoms with van der Waals surface area (Å²) in [6, 6.07) is 5.02. The van der Waals surface area contributed by atoms with Gasteiger partial charge in [-0.25, -0.2) is 13.5 Å². The predicted octanol–water partition coefficient (Wildman–Crippen LogP) is 0.792. The highest BCUT2D eigenvalue weighted by Crippen LogP contribution is 2.34. The van der Waals surface area contributed by atoms with Gasteiger partial charge in [-0.3, -0.25) is 24.5 Å². The van der Waals surface area contributed by atoms with Crippen molar-refractivity contribution >= 4 is 23.6 Å². The molecule has 2 aromatic rings. The van der Waals surface area contributed by atoms with Gasteiger partial charge in [0, 0.05) is 24.9 Å². The molecular formula is C22H19F2N7O4. The molecule has 2 unspecified atom stereocenters. The van der Waals surface area contributed by atoms with E-state index in [1.54, 1.807) is 18.2 Å². The third-order valence-electron chi connectivity index (χ3n) is 6.45. The van der Waals surface area contributed by atoms with Crippen LogP contribution in [0.3, 0.4) is 0 Å². The summed E-state index contributed by atoms with van der Waals surface area (Å²) in [5.41, 5.74) is 1.38. The van der Waals surface area contributed by atoms with Gasteiger partial charge in [0.1, 0.15) is 6.04 Å². The summed E-state index contributed by atoms with van der Waals surface area (Å²) in [5, 5.41) is 18.9. The van der Waals surface area contributed by atoms with Gasteiger partial charge < -0.3 is 9.80 Å². The third kappa shape index (κ3) is 4.01. The Morgan fingerprint density at radius 1 is 1.29 bits per heavy atom. The number of fused-ring (bicyclic) bond motifs is 1. The van der Waals surface area contributed by atoms with Gasteiger partial charge in [-0.2, -0.15) is 5.26 Å². The van der Waals surface area contributed by atoms with Gasteiger partial charge in [0.25, 0.3) is 17.7 Å². The van der Waals surface area contributed by atoms with Crippen molar-refractivity contribution in [3.63, 3.8) is 0 Å². The van der Waals surface area contributed by atoms with Gasteiger partial charge >= 0.3 is 0 Å². The summed E-state index contributed by atoms with van der Waals surface area (Å²) in [4.78, 5) is 51.7. The van der Waals surface area contributed by atoms with Crippen LogP contribution in [0.15, 0.2) is 24.4 Å². The fourth-order valence-electron chi connectivity index (χ4n) is 4.76. The maximum Gasteiger partial charge on any atom is 0.276 e.